The van der Waals surface area contributed by atoms with Crippen molar-refractivity contribution in [2.75, 3.05) is 6.61 Å². The fraction of sp³-hybridized carbons (Fsp3) is 0.846. The molecule has 0 unspecified atom stereocenters. The Morgan fingerprint density at radius 1 is 1.31 bits per heavy atom. The number of nitrogens with zero attached hydrogens (tertiary/aromatic N) is 1. The summed E-state index contributed by atoms with van der Waals surface area (Å²) < 4.78 is 4.93. The number of hydrogen-bond acceptors (Lipinski definition) is 3. The van der Waals surface area contributed by atoms with Crippen LogP contribution in [0.3, 0.4) is 0 Å². The highest BCUT2D eigenvalue weighted by Crippen LogP contribution is 2.46. The van der Waals surface area contributed by atoms with Gasteiger partial charge in [-0.25, -0.2) is 0 Å². The number of carbonyl (C=O) groups excluding carboxylic acids is 1. The number of rotatable bonds is 3. The van der Waals surface area contributed by atoms with E-state index in [9.17, 15) is 10.1 Å². The lowest BCUT2D eigenvalue weighted by Gasteiger charge is -2.38. The molecule has 1 aliphatic rings. The van der Waals surface area contributed by atoms with Crippen molar-refractivity contribution in [2.45, 2.75) is 52.9 Å². The van der Waals surface area contributed by atoms with Crippen molar-refractivity contribution in [3.63, 3.8) is 0 Å². The molecular formula is C13H21NO2. The minimum atomic E-state index is -0.470. The minimum absolute atomic E-state index is 0.233. The molecule has 0 aromatic heterocycles. The van der Waals surface area contributed by atoms with Crippen LogP contribution in [0.2, 0.25) is 0 Å². The molecule has 1 saturated carbocycles. The molecule has 1 fully saturated rings. The summed E-state index contributed by atoms with van der Waals surface area (Å²) in [6, 6.07) is 2.34. The van der Waals surface area contributed by atoms with Gasteiger partial charge in [-0.2, -0.15) is 5.26 Å². The standard InChI is InChI=1S/C13H21NO2/c1-4-16-11(15)9-13(10-14)7-5-12(2,3)6-8-13/h4-9H2,1-3H3. The van der Waals surface area contributed by atoms with Crippen molar-refractivity contribution >= 4 is 5.97 Å². The molecule has 0 N–H and O–H groups in total. The SMILES string of the molecule is CCOC(=O)CC1(C#N)CCC(C)(C)CC1. The van der Waals surface area contributed by atoms with Gasteiger partial charge in [0.05, 0.1) is 24.5 Å². The quantitative estimate of drug-likeness (QED) is 0.691. The molecule has 0 radical (unpaired) electrons. The van der Waals surface area contributed by atoms with E-state index in [0.29, 0.717) is 12.0 Å². The fourth-order valence-electron chi connectivity index (χ4n) is 2.22. The Hall–Kier alpha value is -1.04. The van der Waals surface area contributed by atoms with Gasteiger partial charge < -0.3 is 4.74 Å². The first kappa shape index (κ1) is 13.0. The molecule has 0 aromatic carbocycles. The van der Waals surface area contributed by atoms with Crippen LogP contribution in [-0.4, -0.2) is 12.6 Å². The summed E-state index contributed by atoms with van der Waals surface area (Å²) in [5.74, 6) is -0.233. The third-order valence-corrected chi connectivity index (χ3v) is 3.59. The summed E-state index contributed by atoms with van der Waals surface area (Å²) >= 11 is 0. The van der Waals surface area contributed by atoms with Gasteiger partial charge in [0.15, 0.2) is 0 Å². The highest BCUT2D eigenvalue weighted by Gasteiger charge is 2.40. The van der Waals surface area contributed by atoms with E-state index < -0.39 is 5.41 Å². The predicted octanol–water partition coefficient (Wildman–Crippen LogP) is 3.05. The number of esters is 1. The molecule has 16 heavy (non-hydrogen) atoms. The van der Waals surface area contributed by atoms with Gasteiger partial charge in [0.1, 0.15) is 0 Å². The van der Waals surface area contributed by atoms with Crippen LogP contribution < -0.4 is 0 Å². The largest absolute Gasteiger partial charge is 0.466 e. The molecule has 0 aliphatic heterocycles. The van der Waals surface area contributed by atoms with E-state index in [1.165, 1.54) is 0 Å². The second-order valence-corrected chi connectivity index (χ2v) is 5.54. The van der Waals surface area contributed by atoms with Gasteiger partial charge in [0, 0.05) is 0 Å². The topological polar surface area (TPSA) is 50.1 Å². The molecule has 0 saturated heterocycles. The van der Waals surface area contributed by atoms with Gasteiger partial charge in [-0.05, 0) is 38.0 Å². The molecule has 0 aromatic rings. The second kappa shape index (κ2) is 4.86. The first-order valence-electron chi connectivity index (χ1n) is 6.00. The number of hydrogen-bond donors (Lipinski definition) is 0. The monoisotopic (exact) mass is 223 g/mol. The zero-order valence-electron chi connectivity index (χ0n) is 10.5. The summed E-state index contributed by atoms with van der Waals surface area (Å²) in [4.78, 5) is 11.5. The van der Waals surface area contributed by atoms with Crippen molar-refractivity contribution in [3.05, 3.63) is 0 Å². The lowest BCUT2D eigenvalue weighted by Crippen LogP contribution is -2.32. The minimum Gasteiger partial charge on any atom is -0.466 e. The van der Waals surface area contributed by atoms with Crippen LogP contribution in [-0.2, 0) is 9.53 Å². The lowest BCUT2D eigenvalue weighted by molar-refractivity contribution is -0.145. The Labute approximate surface area is 97.8 Å². The first-order chi connectivity index (χ1) is 7.43. The van der Waals surface area contributed by atoms with Crippen molar-refractivity contribution in [2.24, 2.45) is 10.8 Å². The Morgan fingerprint density at radius 2 is 1.88 bits per heavy atom. The molecule has 3 nitrogen and oxygen atoms in total. The van der Waals surface area contributed by atoms with Crippen LogP contribution in [0.25, 0.3) is 0 Å². The summed E-state index contributed by atoms with van der Waals surface area (Å²) in [5, 5.41) is 9.27. The van der Waals surface area contributed by atoms with Gasteiger partial charge in [0.25, 0.3) is 0 Å². The Bertz CT molecular complexity index is 292. The molecule has 0 spiro atoms. The van der Waals surface area contributed by atoms with Gasteiger partial charge in [-0.1, -0.05) is 13.8 Å². The summed E-state index contributed by atoms with van der Waals surface area (Å²) in [5.41, 5.74) is -0.156. The zero-order chi connectivity index (χ0) is 12.2. The van der Waals surface area contributed by atoms with Crippen LogP contribution in [0.1, 0.15) is 52.9 Å². The van der Waals surface area contributed by atoms with Crippen molar-refractivity contribution in [1.82, 2.24) is 0 Å². The van der Waals surface area contributed by atoms with Crippen molar-refractivity contribution in [1.29, 1.82) is 5.26 Å². The van der Waals surface area contributed by atoms with E-state index in [0.717, 1.165) is 25.7 Å². The van der Waals surface area contributed by atoms with Crippen LogP contribution in [0.15, 0.2) is 0 Å². The number of nitriles is 1. The molecule has 3 heteroatoms. The van der Waals surface area contributed by atoms with E-state index in [1.54, 1.807) is 6.92 Å². The maximum Gasteiger partial charge on any atom is 0.307 e. The first-order valence-corrected chi connectivity index (χ1v) is 6.00. The fourth-order valence-corrected chi connectivity index (χ4v) is 2.22. The van der Waals surface area contributed by atoms with Gasteiger partial charge in [0.2, 0.25) is 0 Å². The van der Waals surface area contributed by atoms with Gasteiger partial charge in [-0.15, -0.1) is 0 Å². The molecule has 0 bridgehead atoms. The maximum atomic E-state index is 11.5. The molecule has 1 rings (SSSR count). The summed E-state index contributed by atoms with van der Waals surface area (Å²) in [7, 11) is 0. The van der Waals surface area contributed by atoms with Crippen molar-refractivity contribution in [3.8, 4) is 6.07 Å². The lowest BCUT2D eigenvalue weighted by atomic mass is 9.64. The van der Waals surface area contributed by atoms with E-state index in [1.807, 2.05) is 0 Å². The molecule has 0 amide bonds. The smallest absolute Gasteiger partial charge is 0.307 e. The normalized spacial score (nSPS) is 22.1. The van der Waals surface area contributed by atoms with E-state index >= 15 is 0 Å². The molecular weight excluding hydrogens is 202 g/mol. The van der Waals surface area contributed by atoms with Crippen LogP contribution in [0.4, 0.5) is 0 Å². The number of ether oxygens (including phenoxy) is 1. The third kappa shape index (κ3) is 3.23. The second-order valence-electron chi connectivity index (χ2n) is 5.54. The third-order valence-electron chi connectivity index (χ3n) is 3.59. The Balaban J connectivity index is 2.60. The Morgan fingerprint density at radius 3 is 2.31 bits per heavy atom. The maximum absolute atomic E-state index is 11.5. The average molecular weight is 223 g/mol. The van der Waals surface area contributed by atoms with Crippen LogP contribution >= 0.6 is 0 Å². The van der Waals surface area contributed by atoms with Crippen LogP contribution in [0, 0.1) is 22.2 Å². The highest BCUT2D eigenvalue weighted by atomic mass is 16.5. The predicted molar refractivity (Wildman–Crippen MR) is 61.5 cm³/mol. The number of carbonyl (C=O) groups is 1. The molecule has 0 atom stereocenters. The zero-order valence-corrected chi connectivity index (χ0v) is 10.5. The summed E-state index contributed by atoms with van der Waals surface area (Å²) in [6.45, 7) is 6.63. The van der Waals surface area contributed by atoms with Crippen molar-refractivity contribution < 1.29 is 9.53 Å². The van der Waals surface area contributed by atoms with Crippen LogP contribution in [0.5, 0.6) is 0 Å². The molecule has 90 valence electrons. The van der Waals surface area contributed by atoms with E-state index in [2.05, 4.69) is 19.9 Å². The van der Waals surface area contributed by atoms with E-state index in [-0.39, 0.29) is 12.4 Å². The van der Waals surface area contributed by atoms with Gasteiger partial charge >= 0.3 is 5.97 Å². The summed E-state index contributed by atoms with van der Waals surface area (Å²) in [6.07, 6.45) is 3.91. The molecule has 0 heterocycles. The van der Waals surface area contributed by atoms with E-state index in [4.69, 9.17) is 4.74 Å². The molecule has 1 aliphatic carbocycles. The van der Waals surface area contributed by atoms with Gasteiger partial charge in [-0.3, -0.25) is 4.79 Å². The highest BCUT2D eigenvalue weighted by molar-refractivity contribution is 5.70. The Kier molecular flexibility index (Phi) is 3.96. The average Bonchev–Trinajstić information content (AvgIpc) is 2.22.